The summed E-state index contributed by atoms with van der Waals surface area (Å²) in [5.41, 5.74) is 0.617. The van der Waals surface area contributed by atoms with Crippen LogP contribution in [0.4, 0.5) is 0 Å². The second-order valence-corrected chi connectivity index (χ2v) is 4.93. The highest BCUT2D eigenvalue weighted by atomic mass is 16.5. The first-order valence-electron chi connectivity index (χ1n) is 6.00. The number of benzene rings is 1. The Bertz CT molecular complexity index is 376. The predicted octanol–water partition coefficient (Wildman–Crippen LogP) is 2.04. The van der Waals surface area contributed by atoms with Gasteiger partial charge in [-0.05, 0) is 19.4 Å². The molecular formula is C14H21NO3. The summed E-state index contributed by atoms with van der Waals surface area (Å²) in [6.45, 7) is 4.30. The molecule has 1 rings (SSSR count). The van der Waals surface area contributed by atoms with Gasteiger partial charge in [0.05, 0.1) is 5.60 Å². The third kappa shape index (κ3) is 4.85. The summed E-state index contributed by atoms with van der Waals surface area (Å²) in [7, 11) is 1.59. The van der Waals surface area contributed by atoms with Gasteiger partial charge in [0.25, 0.3) is 0 Å². The summed E-state index contributed by atoms with van der Waals surface area (Å²) < 4.78 is 5.27. The number of hydrogen-bond acceptors (Lipinski definition) is 3. The van der Waals surface area contributed by atoms with Crippen LogP contribution in [0.25, 0.3) is 0 Å². The van der Waals surface area contributed by atoms with E-state index in [1.54, 1.807) is 7.11 Å². The van der Waals surface area contributed by atoms with Gasteiger partial charge in [-0.2, -0.15) is 0 Å². The molecule has 0 fully saturated rings. The van der Waals surface area contributed by atoms with Crippen LogP contribution in [-0.4, -0.2) is 29.8 Å². The van der Waals surface area contributed by atoms with Gasteiger partial charge >= 0.3 is 5.97 Å². The fraction of sp³-hybridized carbons (Fsp3) is 0.500. The zero-order chi connectivity index (χ0) is 13.6. The molecule has 0 radical (unpaired) electrons. The molecule has 1 atom stereocenters. The van der Waals surface area contributed by atoms with Crippen molar-refractivity contribution in [1.29, 1.82) is 0 Å². The molecule has 1 aromatic carbocycles. The lowest BCUT2D eigenvalue weighted by molar-refractivity contribution is -0.141. The number of carboxylic acids is 1. The van der Waals surface area contributed by atoms with E-state index >= 15 is 0 Å². The normalized spacial score (nSPS) is 13.3. The number of carbonyl (C=O) groups is 1. The molecule has 0 aliphatic carbocycles. The highest BCUT2D eigenvalue weighted by Gasteiger charge is 2.27. The van der Waals surface area contributed by atoms with E-state index in [1.807, 2.05) is 44.2 Å². The van der Waals surface area contributed by atoms with Gasteiger partial charge in [0, 0.05) is 20.1 Å². The maximum Gasteiger partial charge on any atom is 0.320 e. The fourth-order valence-corrected chi connectivity index (χ4v) is 1.66. The molecule has 0 aromatic heterocycles. The summed E-state index contributed by atoms with van der Waals surface area (Å²) in [6, 6.07) is 9.13. The van der Waals surface area contributed by atoms with Crippen molar-refractivity contribution in [3.63, 3.8) is 0 Å². The molecule has 0 saturated heterocycles. The zero-order valence-corrected chi connectivity index (χ0v) is 11.1. The molecule has 0 heterocycles. The van der Waals surface area contributed by atoms with Crippen LogP contribution < -0.4 is 5.32 Å². The van der Waals surface area contributed by atoms with Crippen molar-refractivity contribution >= 4 is 5.97 Å². The zero-order valence-electron chi connectivity index (χ0n) is 11.1. The third-order valence-electron chi connectivity index (χ3n) is 2.94. The molecule has 2 N–H and O–H groups in total. The van der Waals surface area contributed by atoms with E-state index in [9.17, 15) is 9.90 Å². The number of methoxy groups -OCH3 is 1. The number of aliphatic carboxylic acids is 1. The Morgan fingerprint density at radius 2 is 2.00 bits per heavy atom. The molecule has 0 spiro atoms. The molecular weight excluding hydrogens is 230 g/mol. The van der Waals surface area contributed by atoms with Crippen LogP contribution >= 0.6 is 0 Å². The molecule has 1 aromatic rings. The van der Waals surface area contributed by atoms with Crippen LogP contribution in [0.15, 0.2) is 30.3 Å². The molecule has 0 bridgehead atoms. The smallest absolute Gasteiger partial charge is 0.320 e. The molecule has 18 heavy (non-hydrogen) atoms. The minimum Gasteiger partial charge on any atom is -0.480 e. The largest absolute Gasteiger partial charge is 0.480 e. The van der Waals surface area contributed by atoms with E-state index in [4.69, 9.17) is 4.74 Å². The van der Waals surface area contributed by atoms with Crippen molar-refractivity contribution in [3.05, 3.63) is 35.9 Å². The number of hydrogen-bond donors (Lipinski definition) is 2. The first kappa shape index (κ1) is 14.7. The lowest BCUT2D eigenvalue weighted by Gasteiger charge is -2.27. The van der Waals surface area contributed by atoms with Crippen LogP contribution in [0.2, 0.25) is 0 Å². The Kier molecular flexibility index (Phi) is 5.31. The van der Waals surface area contributed by atoms with Crippen molar-refractivity contribution in [1.82, 2.24) is 5.32 Å². The van der Waals surface area contributed by atoms with Crippen molar-refractivity contribution < 1.29 is 14.6 Å². The van der Waals surface area contributed by atoms with E-state index in [-0.39, 0.29) is 0 Å². The molecule has 0 saturated carbocycles. The van der Waals surface area contributed by atoms with Gasteiger partial charge in [-0.15, -0.1) is 0 Å². The predicted molar refractivity (Wildman–Crippen MR) is 70.4 cm³/mol. The highest BCUT2D eigenvalue weighted by Crippen LogP contribution is 2.16. The summed E-state index contributed by atoms with van der Waals surface area (Å²) in [6.07, 6.45) is 0.422. The van der Waals surface area contributed by atoms with Crippen LogP contribution in [0.3, 0.4) is 0 Å². The SMILES string of the molecule is COC(C)(C)CC(NCc1ccccc1)C(=O)O. The Labute approximate surface area is 108 Å². The van der Waals surface area contributed by atoms with Crippen molar-refractivity contribution in [2.45, 2.75) is 38.5 Å². The fourth-order valence-electron chi connectivity index (χ4n) is 1.66. The molecule has 1 unspecified atom stereocenters. The Hall–Kier alpha value is -1.39. The summed E-state index contributed by atoms with van der Waals surface area (Å²) >= 11 is 0. The first-order valence-corrected chi connectivity index (χ1v) is 6.00. The average molecular weight is 251 g/mol. The van der Waals surface area contributed by atoms with Gasteiger partial charge in [-0.1, -0.05) is 30.3 Å². The van der Waals surface area contributed by atoms with Gasteiger partial charge in [0.15, 0.2) is 0 Å². The van der Waals surface area contributed by atoms with Gasteiger partial charge < -0.3 is 15.2 Å². The molecule has 0 aliphatic heterocycles. The van der Waals surface area contributed by atoms with Crippen molar-refractivity contribution in [3.8, 4) is 0 Å². The number of nitrogens with one attached hydrogen (secondary N) is 1. The van der Waals surface area contributed by atoms with Crippen LogP contribution in [0.5, 0.6) is 0 Å². The van der Waals surface area contributed by atoms with E-state index in [1.165, 1.54) is 0 Å². The summed E-state index contributed by atoms with van der Waals surface area (Å²) in [5.74, 6) is -0.851. The number of carboxylic acid groups (broad SMARTS) is 1. The number of ether oxygens (including phenoxy) is 1. The van der Waals surface area contributed by atoms with Gasteiger partial charge in [-0.3, -0.25) is 4.79 Å². The maximum absolute atomic E-state index is 11.2. The van der Waals surface area contributed by atoms with Gasteiger partial charge in [0.1, 0.15) is 6.04 Å². The Morgan fingerprint density at radius 1 is 1.39 bits per heavy atom. The van der Waals surface area contributed by atoms with Crippen molar-refractivity contribution in [2.75, 3.05) is 7.11 Å². The Morgan fingerprint density at radius 3 is 2.50 bits per heavy atom. The minimum absolute atomic E-state index is 0.422. The van der Waals surface area contributed by atoms with Crippen LogP contribution in [0, 0.1) is 0 Å². The summed E-state index contributed by atoms with van der Waals surface area (Å²) in [5, 5.41) is 12.2. The molecule has 4 heteroatoms. The van der Waals surface area contributed by atoms with Gasteiger partial charge in [0.2, 0.25) is 0 Å². The average Bonchev–Trinajstić information content (AvgIpc) is 2.35. The summed E-state index contributed by atoms with van der Waals surface area (Å²) in [4.78, 5) is 11.2. The maximum atomic E-state index is 11.2. The molecule has 100 valence electrons. The van der Waals surface area contributed by atoms with E-state index in [0.717, 1.165) is 5.56 Å². The molecule has 0 aliphatic rings. The lowest BCUT2D eigenvalue weighted by atomic mass is 9.98. The van der Waals surface area contributed by atoms with Crippen LogP contribution in [0.1, 0.15) is 25.8 Å². The molecule has 0 amide bonds. The van der Waals surface area contributed by atoms with E-state index < -0.39 is 17.6 Å². The standard InChI is InChI=1S/C14H21NO3/c1-14(2,18-3)9-12(13(16)17)15-10-11-7-5-4-6-8-11/h4-8,12,15H,9-10H2,1-3H3,(H,16,17). The quantitative estimate of drug-likeness (QED) is 0.778. The van der Waals surface area contributed by atoms with Crippen LogP contribution in [-0.2, 0) is 16.1 Å². The second kappa shape index (κ2) is 6.52. The monoisotopic (exact) mass is 251 g/mol. The lowest BCUT2D eigenvalue weighted by Crippen LogP contribution is -2.42. The second-order valence-electron chi connectivity index (χ2n) is 4.93. The van der Waals surface area contributed by atoms with E-state index in [0.29, 0.717) is 13.0 Å². The molecule has 4 nitrogen and oxygen atoms in total. The van der Waals surface area contributed by atoms with E-state index in [2.05, 4.69) is 5.32 Å². The third-order valence-corrected chi connectivity index (χ3v) is 2.94. The first-order chi connectivity index (χ1) is 8.44. The topological polar surface area (TPSA) is 58.6 Å². The Balaban J connectivity index is 2.56. The van der Waals surface area contributed by atoms with Gasteiger partial charge in [-0.25, -0.2) is 0 Å². The van der Waals surface area contributed by atoms with Crippen molar-refractivity contribution in [2.24, 2.45) is 0 Å². The number of rotatable bonds is 7. The minimum atomic E-state index is -0.851. The highest BCUT2D eigenvalue weighted by molar-refractivity contribution is 5.73.